The zero-order chi connectivity index (χ0) is 29.5. The van der Waals surface area contributed by atoms with E-state index in [-0.39, 0.29) is 27.9 Å². The van der Waals surface area contributed by atoms with Crippen LogP contribution >= 0.6 is 11.6 Å². The number of benzene rings is 1. The van der Waals surface area contributed by atoms with Crippen LogP contribution in [0.1, 0.15) is 33.0 Å². The minimum absolute atomic E-state index is 0.125. The largest absolute Gasteiger partial charge is 0.379 e. The molecule has 2 saturated heterocycles. The molecule has 0 saturated carbocycles. The molecule has 2 aliphatic heterocycles. The van der Waals surface area contributed by atoms with Crippen LogP contribution in [-0.2, 0) is 4.74 Å². The Bertz CT molecular complexity index is 1460. The minimum Gasteiger partial charge on any atom is -0.379 e. The molecule has 5 rings (SSSR count). The third-order valence-electron chi connectivity index (χ3n) is 7.32. The van der Waals surface area contributed by atoms with Gasteiger partial charge in [0.15, 0.2) is 5.69 Å². The van der Waals surface area contributed by atoms with Crippen molar-refractivity contribution in [1.29, 1.82) is 5.26 Å². The van der Waals surface area contributed by atoms with Gasteiger partial charge in [0.05, 0.1) is 47.1 Å². The highest BCUT2D eigenvalue weighted by Gasteiger charge is 2.21. The summed E-state index contributed by atoms with van der Waals surface area (Å²) in [5.74, 6) is -0.756. The Morgan fingerprint density at radius 3 is 2.62 bits per heavy atom. The Morgan fingerprint density at radius 2 is 1.88 bits per heavy atom. The summed E-state index contributed by atoms with van der Waals surface area (Å²) in [6.45, 7) is 8.09. The number of piperazine rings is 1. The number of likely N-dealkylation sites (N-methyl/N-ethyl adjacent to an activating group) is 1. The predicted molar refractivity (Wildman–Crippen MR) is 157 cm³/mol. The number of amides is 2. The van der Waals surface area contributed by atoms with Crippen molar-refractivity contribution in [3.05, 3.63) is 58.6 Å². The number of nitrogens with zero attached hydrogens (tertiary/aromatic N) is 8. The molecule has 3 aromatic rings. The SMILES string of the molecule is CN1CCN(c2ccc(-n3cc(C(=O)NCCCN4CCOCC4)nn3)cc2NC(=O)c2cnc(C#N)cc2Cl)CC1. The van der Waals surface area contributed by atoms with E-state index in [1.54, 1.807) is 12.3 Å². The smallest absolute Gasteiger partial charge is 0.273 e. The maximum atomic E-state index is 13.2. The van der Waals surface area contributed by atoms with Gasteiger partial charge in [-0.25, -0.2) is 9.67 Å². The molecular weight excluding hydrogens is 560 g/mol. The van der Waals surface area contributed by atoms with Crippen molar-refractivity contribution >= 4 is 34.8 Å². The van der Waals surface area contributed by atoms with Gasteiger partial charge in [-0.2, -0.15) is 5.26 Å². The van der Waals surface area contributed by atoms with Gasteiger partial charge < -0.3 is 25.2 Å². The highest BCUT2D eigenvalue weighted by Crippen LogP contribution is 2.30. The molecule has 14 heteroatoms. The molecule has 1 aromatic carbocycles. The number of pyridine rings is 1. The quantitative estimate of drug-likeness (QED) is 0.352. The van der Waals surface area contributed by atoms with Crippen molar-refractivity contribution in [2.75, 3.05) is 82.8 Å². The van der Waals surface area contributed by atoms with Gasteiger partial charge in [-0.15, -0.1) is 5.10 Å². The molecular formula is C28H33ClN10O3. The number of morpholine rings is 1. The molecule has 220 valence electrons. The third kappa shape index (κ3) is 7.21. The second kappa shape index (κ2) is 13.7. The zero-order valence-corrected chi connectivity index (χ0v) is 24.2. The number of carbonyl (C=O) groups excluding carboxylic acids is 2. The van der Waals surface area contributed by atoms with E-state index in [2.05, 4.69) is 47.7 Å². The lowest BCUT2D eigenvalue weighted by molar-refractivity contribution is 0.0374. The molecule has 2 aliphatic rings. The maximum absolute atomic E-state index is 13.2. The van der Waals surface area contributed by atoms with Crippen LogP contribution < -0.4 is 15.5 Å². The predicted octanol–water partition coefficient (Wildman–Crippen LogP) is 1.64. The van der Waals surface area contributed by atoms with Crippen LogP contribution in [0.15, 0.2) is 36.7 Å². The first kappa shape index (κ1) is 29.4. The molecule has 2 N–H and O–H groups in total. The molecule has 0 unspecified atom stereocenters. The van der Waals surface area contributed by atoms with Gasteiger partial charge in [0.1, 0.15) is 11.8 Å². The number of nitrogens with one attached hydrogen (secondary N) is 2. The second-order valence-corrected chi connectivity index (χ2v) is 10.6. The summed E-state index contributed by atoms with van der Waals surface area (Å²) in [4.78, 5) is 36.7. The molecule has 2 amide bonds. The number of hydrogen-bond donors (Lipinski definition) is 2. The van der Waals surface area contributed by atoms with Crippen molar-refractivity contribution in [1.82, 2.24) is 35.1 Å². The minimum atomic E-state index is -0.458. The van der Waals surface area contributed by atoms with Crippen molar-refractivity contribution in [3.63, 3.8) is 0 Å². The van der Waals surface area contributed by atoms with Gasteiger partial charge in [0.25, 0.3) is 11.8 Å². The Kier molecular flexibility index (Phi) is 9.60. The highest BCUT2D eigenvalue weighted by molar-refractivity contribution is 6.34. The number of carbonyl (C=O) groups is 2. The Balaban J connectivity index is 1.31. The van der Waals surface area contributed by atoms with Crippen molar-refractivity contribution < 1.29 is 14.3 Å². The molecule has 0 radical (unpaired) electrons. The van der Waals surface area contributed by atoms with Gasteiger partial charge in [-0.05, 0) is 44.3 Å². The average molecular weight is 593 g/mol. The average Bonchev–Trinajstić information content (AvgIpc) is 3.51. The standard InChI is InChI=1S/C28H33ClN10O3/c1-36-7-9-38(10-8-36)26-4-3-21(16-24(26)33-27(40)22-18-32-20(17-30)15-23(22)29)39-19-25(34-35-39)28(41)31-5-2-6-37-11-13-42-14-12-37/h3-4,15-16,18-19H,2,5-14H2,1H3,(H,31,41)(H,33,40). The summed E-state index contributed by atoms with van der Waals surface area (Å²) < 4.78 is 6.87. The molecule has 2 fully saturated rings. The normalized spacial score (nSPS) is 16.2. The number of hydrogen-bond acceptors (Lipinski definition) is 10. The van der Waals surface area contributed by atoms with Crippen LogP contribution in [0, 0.1) is 11.3 Å². The summed E-state index contributed by atoms with van der Waals surface area (Å²) in [5.41, 5.74) is 2.48. The summed E-state index contributed by atoms with van der Waals surface area (Å²) in [5, 5.41) is 23.3. The van der Waals surface area contributed by atoms with E-state index in [1.165, 1.54) is 16.9 Å². The lowest BCUT2D eigenvalue weighted by Crippen LogP contribution is -2.44. The molecule has 4 heterocycles. The summed E-state index contributed by atoms with van der Waals surface area (Å²) in [6.07, 6.45) is 3.68. The van der Waals surface area contributed by atoms with Gasteiger partial charge in [-0.1, -0.05) is 16.8 Å². The van der Waals surface area contributed by atoms with Crippen molar-refractivity contribution in [3.8, 4) is 11.8 Å². The van der Waals surface area contributed by atoms with Gasteiger partial charge in [-0.3, -0.25) is 14.5 Å². The summed E-state index contributed by atoms with van der Waals surface area (Å²) in [6, 6.07) is 8.85. The van der Waals surface area contributed by atoms with Gasteiger partial charge >= 0.3 is 0 Å². The maximum Gasteiger partial charge on any atom is 0.273 e. The van der Waals surface area contributed by atoms with E-state index in [4.69, 9.17) is 21.6 Å². The highest BCUT2D eigenvalue weighted by atomic mass is 35.5. The molecule has 0 aliphatic carbocycles. The number of halogens is 1. The Labute approximate surface area is 249 Å². The number of anilines is 2. The van der Waals surface area contributed by atoms with E-state index in [0.29, 0.717) is 17.9 Å². The van der Waals surface area contributed by atoms with Crippen LogP contribution in [0.3, 0.4) is 0 Å². The topological polar surface area (TPSA) is 145 Å². The third-order valence-corrected chi connectivity index (χ3v) is 7.63. The van der Waals surface area contributed by atoms with E-state index >= 15 is 0 Å². The monoisotopic (exact) mass is 592 g/mol. The fourth-order valence-corrected chi connectivity index (χ4v) is 5.09. The summed E-state index contributed by atoms with van der Waals surface area (Å²) >= 11 is 6.28. The molecule has 0 atom stereocenters. The molecule has 42 heavy (non-hydrogen) atoms. The number of aromatic nitrogens is 4. The van der Waals surface area contributed by atoms with Crippen LogP contribution in [0.4, 0.5) is 11.4 Å². The molecule has 0 spiro atoms. The van der Waals surface area contributed by atoms with E-state index in [0.717, 1.165) is 71.1 Å². The molecule has 0 bridgehead atoms. The fourth-order valence-electron chi connectivity index (χ4n) is 4.85. The van der Waals surface area contributed by atoms with Crippen molar-refractivity contribution in [2.24, 2.45) is 0 Å². The van der Waals surface area contributed by atoms with Crippen LogP contribution in [0.25, 0.3) is 5.69 Å². The zero-order valence-electron chi connectivity index (χ0n) is 23.4. The van der Waals surface area contributed by atoms with E-state index in [1.807, 2.05) is 18.2 Å². The van der Waals surface area contributed by atoms with Crippen LogP contribution in [0.5, 0.6) is 0 Å². The second-order valence-electron chi connectivity index (χ2n) is 10.2. The van der Waals surface area contributed by atoms with Gasteiger partial charge in [0, 0.05) is 52.0 Å². The summed E-state index contributed by atoms with van der Waals surface area (Å²) in [7, 11) is 2.08. The Morgan fingerprint density at radius 1 is 1.10 bits per heavy atom. The number of ether oxygens (including phenoxy) is 1. The lowest BCUT2D eigenvalue weighted by Gasteiger charge is -2.35. The first-order valence-electron chi connectivity index (χ1n) is 13.9. The first-order valence-corrected chi connectivity index (χ1v) is 14.2. The fraction of sp³-hybridized carbons (Fsp3) is 0.429. The van der Waals surface area contributed by atoms with E-state index in [9.17, 15) is 9.59 Å². The number of nitriles is 1. The lowest BCUT2D eigenvalue weighted by atomic mass is 10.1. The Hall–Kier alpha value is -4.09. The van der Waals surface area contributed by atoms with Crippen LogP contribution in [0.2, 0.25) is 5.02 Å². The van der Waals surface area contributed by atoms with Crippen LogP contribution in [-0.4, -0.2) is 114 Å². The van der Waals surface area contributed by atoms with Gasteiger partial charge in [0.2, 0.25) is 0 Å². The molecule has 2 aromatic heterocycles. The number of rotatable bonds is 9. The molecule has 13 nitrogen and oxygen atoms in total. The first-order chi connectivity index (χ1) is 20.4. The van der Waals surface area contributed by atoms with E-state index < -0.39 is 5.91 Å². The van der Waals surface area contributed by atoms with Crippen molar-refractivity contribution in [2.45, 2.75) is 6.42 Å².